The van der Waals surface area contributed by atoms with Crippen molar-refractivity contribution in [1.29, 1.82) is 0 Å². The third-order valence-corrected chi connectivity index (χ3v) is 2.16. The zero-order valence-electron chi connectivity index (χ0n) is 8.88. The van der Waals surface area contributed by atoms with Gasteiger partial charge in [-0.1, -0.05) is 27.2 Å². The molecule has 0 spiro atoms. The summed E-state index contributed by atoms with van der Waals surface area (Å²) in [5, 5.41) is 9.55. The number of aliphatic hydroxyl groups is 1. The summed E-state index contributed by atoms with van der Waals surface area (Å²) in [6.45, 7) is 8.20. The Morgan fingerprint density at radius 2 is 1.92 bits per heavy atom. The molecule has 0 aromatic heterocycles. The molecule has 0 aromatic carbocycles. The summed E-state index contributed by atoms with van der Waals surface area (Å²) in [6.07, 6.45) is 2.27. The molecule has 0 saturated carbocycles. The van der Waals surface area contributed by atoms with E-state index in [0.29, 0.717) is 5.92 Å². The van der Waals surface area contributed by atoms with E-state index in [1.54, 1.807) is 0 Å². The molecule has 0 aromatic rings. The van der Waals surface area contributed by atoms with E-state index in [2.05, 4.69) is 32.7 Å². The largest absolute Gasteiger partial charge is 0.392 e. The quantitative estimate of drug-likeness (QED) is 0.661. The van der Waals surface area contributed by atoms with Crippen LogP contribution in [0.25, 0.3) is 0 Å². The Morgan fingerprint density at radius 3 is 2.33 bits per heavy atom. The summed E-state index contributed by atoms with van der Waals surface area (Å²) in [7, 11) is 2.07. The summed E-state index contributed by atoms with van der Waals surface area (Å²) in [4.78, 5) is 2.20. The molecule has 2 heteroatoms. The minimum absolute atomic E-state index is 0.174. The molecule has 1 unspecified atom stereocenters. The standard InChI is InChI=1S/C10H23NO/c1-5-6-7-11(4)8-10(12)9(2)3/h9-10,12H,5-8H2,1-4H3. The van der Waals surface area contributed by atoms with Crippen molar-refractivity contribution in [1.82, 2.24) is 4.90 Å². The molecule has 0 bridgehead atoms. The van der Waals surface area contributed by atoms with Crippen LogP contribution in [0, 0.1) is 5.92 Å². The van der Waals surface area contributed by atoms with Gasteiger partial charge in [0.25, 0.3) is 0 Å². The smallest absolute Gasteiger partial charge is 0.0689 e. The van der Waals surface area contributed by atoms with E-state index in [-0.39, 0.29) is 6.10 Å². The van der Waals surface area contributed by atoms with E-state index >= 15 is 0 Å². The van der Waals surface area contributed by atoms with Gasteiger partial charge in [0.1, 0.15) is 0 Å². The van der Waals surface area contributed by atoms with Gasteiger partial charge in [-0.15, -0.1) is 0 Å². The normalized spacial score (nSPS) is 14.2. The molecular formula is C10H23NO. The van der Waals surface area contributed by atoms with E-state index in [1.807, 2.05) is 0 Å². The molecule has 0 saturated heterocycles. The van der Waals surface area contributed by atoms with Gasteiger partial charge in [0.2, 0.25) is 0 Å². The molecule has 12 heavy (non-hydrogen) atoms. The van der Waals surface area contributed by atoms with Crippen LogP contribution in [0.2, 0.25) is 0 Å². The van der Waals surface area contributed by atoms with Crippen molar-refractivity contribution < 1.29 is 5.11 Å². The van der Waals surface area contributed by atoms with Crippen molar-refractivity contribution in [3.8, 4) is 0 Å². The van der Waals surface area contributed by atoms with Crippen molar-refractivity contribution in [2.24, 2.45) is 5.92 Å². The van der Waals surface area contributed by atoms with Crippen molar-refractivity contribution in [2.45, 2.75) is 39.7 Å². The minimum atomic E-state index is -0.174. The highest BCUT2D eigenvalue weighted by Crippen LogP contribution is 2.03. The summed E-state index contributed by atoms with van der Waals surface area (Å²) in [5.74, 6) is 0.370. The highest BCUT2D eigenvalue weighted by molar-refractivity contribution is 4.64. The highest BCUT2D eigenvalue weighted by Gasteiger charge is 2.10. The first-order valence-corrected chi connectivity index (χ1v) is 4.94. The van der Waals surface area contributed by atoms with Gasteiger partial charge in [0.05, 0.1) is 6.10 Å². The second-order valence-electron chi connectivity index (χ2n) is 3.93. The zero-order valence-corrected chi connectivity index (χ0v) is 8.88. The topological polar surface area (TPSA) is 23.5 Å². The van der Waals surface area contributed by atoms with E-state index in [1.165, 1.54) is 12.8 Å². The average Bonchev–Trinajstić information content (AvgIpc) is 2.00. The van der Waals surface area contributed by atoms with E-state index in [4.69, 9.17) is 0 Å². The Hall–Kier alpha value is -0.0800. The number of hydrogen-bond donors (Lipinski definition) is 1. The fraction of sp³-hybridized carbons (Fsp3) is 1.00. The highest BCUT2D eigenvalue weighted by atomic mass is 16.3. The summed E-state index contributed by atoms with van der Waals surface area (Å²) >= 11 is 0. The molecule has 0 rings (SSSR count). The molecule has 0 heterocycles. The first kappa shape index (κ1) is 11.9. The van der Waals surface area contributed by atoms with Gasteiger partial charge in [-0.05, 0) is 25.9 Å². The fourth-order valence-corrected chi connectivity index (χ4v) is 1.05. The Kier molecular flexibility index (Phi) is 6.39. The molecule has 0 aliphatic heterocycles. The number of aliphatic hydroxyl groups excluding tert-OH is 1. The van der Waals surface area contributed by atoms with Gasteiger partial charge in [0, 0.05) is 6.54 Å². The summed E-state index contributed by atoms with van der Waals surface area (Å²) in [6, 6.07) is 0. The third-order valence-electron chi connectivity index (χ3n) is 2.16. The van der Waals surface area contributed by atoms with Crippen molar-refractivity contribution in [3.63, 3.8) is 0 Å². The lowest BCUT2D eigenvalue weighted by molar-refractivity contribution is 0.0858. The molecule has 1 atom stereocenters. The lowest BCUT2D eigenvalue weighted by Gasteiger charge is -2.22. The maximum Gasteiger partial charge on any atom is 0.0689 e. The van der Waals surface area contributed by atoms with Crippen LogP contribution < -0.4 is 0 Å². The number of hydrogen-bond acceptors (Lipinski definition) is 2. The summed E-state index contributed by atoms with van der Waals surface area (Å²) in [5.41, 5.74) is 0. The Morgan fingerprint density at radius 1 is 1.33 bits per heavy atom. The maximum atomic E-state index is 9.55. The molecule has 1 N–H and O–H groups in total. The zero-order chi connectivity index (χ0) is 9.56. The van der Waals surface area contributed by atoms with Gasteiger partial charge in [0.15, 0.2) is 0 Å². The van der Waals surface area contributed by atoms with E-state index in [9.17, 15) is 5.11 Å². The Labute approximate surface area is 76.6 Å². The lowest BCUT2D eigenvalue weighted by atomic mass is 10.1. The summed E-state index contributed by atoms with van der Waals surface area (Å²) < 4.78 is 0. The molecule has 74 valence electrons. The SMILES string of the molecule is CCCCN(C)CC(O)C(C)C. The van der Waals surface area contributed by atoms with Gasteiger partial charge in [-0.25, -0.2) is 0 Å². The van der Waals surface area contributed by atoms with E-state index < -0.39 is 0 Å². The number of nitrogens with zero attached hydrogens (tertiary/aromatic N) is 1. The first-order chi connectivity index (χ1) is 5.57. The predicted molar refractivity (Wildman–Crippen MR) is 53.2 cm³/mol. The molecule has 0 aliphatic rings. The van der Waals surface area contributed by atoms with Gasteiger partial charge in [-0.2, -0.15) is 0 Å². The number of likely N-dealkylation sites (N-methyl/N-ethyl adjacent to an activating group) is 1. The monoisotopic (exact) mass is 173 g/mol. The minimum Gasteiger partial charge on any atom is -0.392 e. The van der Waals surface area contributed by atoms with Crippen LogP contribution >= 0.6 is 0 Å². The van der Waals surface area contributed by atoms with Crippen LogP contribution in [-0.2, 0) is 0 Å². The van der Waals surface area contributed by atoms with Crippen LogP contribution in [0.1, 0.15) is 33.6 Å². The van der Waals surface area contributed by atoms with Crippen molar-refractivity contribution >= 4 is 0 Å². The molecule has 0 amide bonds. The van der Waals surface area contributed by atoms with E-state index in [0.717, 1.165) is 13.1 Å². The van der Waals surface area contributed by atoms with Gasteiger partial charge < -0.3 is 10.0 Å². The molecule has 0 radical (unpaired) electrons. The lowest BCUT2D eigenvalue weighted by Crippen LogP contribution is -2.32. The van der Waals surface area contributed by atoms with Crippen LogP contribution in [0.5, 0.6) is 0 Å². The molecule has 0 fully saturated rings. The molecule has 2 nitrogen and oxygen atoms in total. The van der Waals surface area contributed by atoms with Crippen molar-refractivity contribution in [2.75, 3.05) is 20.1 Å². The van der Waals surface area contributed by atoms with Crippen LogP contribution in [0.4, 0.5) is 0 Å². The Balaban J connectivity index is 3.47. The Bertz CT molecular complexity index is 104. The van der Waals surface area contributed by atoms with Crippen LogP contribution in [0.3, 0.4) is 0 Å². The first-order valence-electron chi connectivity index (χ1n) is 4.94. The van der Waals surface area contributed by atoms with Gasteiger partial charge >= 0.3 is 0 Å². The maximum absolute atomic E-state index is 9.55. The second kappa shape index (κ2) is 6.44. The predicted octanol–water partition coefficient (Wildman–Crippen LogP) is 1.74. The number of unbranched alkanes of at least 4 members (excludes halogenated alkanes) is 1. The number of rotatable bonds is 6. The fourth-order valence-electron chi connectivity index (χ4n) is 1.05. The van der Waals surface area contributed by atoms with Gasteiger partial charge in [-0.3, -0.25) is 0 Å². The second-order valence-corrected chi connectivity index (χ2v) is 3.93. The van der Waals surface area contributed by atoms with Crippen molar-refractivity contribution in [3.05, 3.63) is 0 Å². The molecule has 0 aliphatic carbocycles. The van der Waals surface area contributed by atoms with Crippen LogP contribution in [-0.4, -0.2) is 36.2 Å². The molecular weight excluding hydrogens is 150 g/mol. The van der Waals surface area contributed by atoms with Crippen LogP contribution in [0.15, 0.2) is 0 Å². The average molecular weight is 173 g/mol. The third kappa shape index (κ3) is 5.56.